The molecule has 1 aliphatic rings. The maximum atomic E-state index is 12.0. The van der Waals surface area contributed by atoms with Gasteiger partial charge in [-0.3, -0.25) is 9.78 Å². The number of para-hydroxylation sites is 1. The number of benzene rings is 1. The van der Waals surface area contributed by atoms with Gasteiger partial charge < -0.3 is 21.3 Å². The van der Waals surface area contributed by atoms with Gasteiger partial charge in [0.25, 0.3) is 0 Å². The Morgan fingerprint density at radius 1 is 1.32 bits per heavy atom. The Labute approximate surface area is 165 Å². The van der Waals surface area contributed by atoms with E-state index in [0.29, 0.717) is 17.2 Å². The number of nitrogens with zero attached hydrogens (tertiary/aromatic N) is 4. The number of pyridine rings is 1. The molecule has 4 N–H and O–H groups in total. The van der Waals surface area contributed by atoms with E-state index in [4.69, 9.17) is 17.3 Å². The fourth-order valence-electron chi connectivity index (χ4n) is 3.05. The van der Waals surface area contributed by atoms with E-state index in [1.165, 1.54) is 12.4 Å². The fourth-order valence-corrected chi connectivity index (χ4v) is 3.17. The van der Waals surface area contributed by atoms with Crippen LogP contribution in [0, 0.1) is 0 Å². The molecule has 0 saturated carbocycles. The summed E-state index contributed by atoms with van der Waals surface area (Å²) in [7, 11) is 0. The Morgan fingerprint density at radius 2 is 2.14 bits per heavy atom. The summed E-state index contributed by atoms with van der Waals surface area (Å²) < 4.78 is 0. The molecule has 3 aromatic rings. The molecule has 1 amide bonds. The minimum Gasteiger partial charge on any atom is -0.382 e. The average molecular weight is 394 g/mol. The van der Waals surface area contributed by atoms with Crippen molar-refractivity contribution in [3.8, 4) is 0 Å². The Balaban J connectivity index is 1.82. The largest absolute Gasteiger partial charge is 0.382 e. The number of rotatable bonds is 3. The van der Waals surface area contributed by atoms with Crippen LogP contribution in [0.2, 0.25) is 0 Å². The zero-order valence-corrected chi connectivity index (χ0v) is 15.4. The minimum atomic E-state index is -0.631. The van der Waals surface area contributed by atoms with Gasteiger partial charge in [0, 0.05) is 17.0 Å². The molecule has 1 aromatic carbocycles. The van der Waals surface area contributed by atoms with Crippen molar-refractivity contribution >= 4 is 51.4 Å². The molecule has 1 atom stereocenters. The molecule has 0 fully saturated rings. The summed E-state index contributed by atoms with van der Waals surface area (Å²) in [5, 5.41) is 6.85. The zero-order valence-electron chi connectivity index (χ0n) is 14.6. The second-order valence-corrected chi connectivity index (χ2v) is 6.30. The van der Waals surface area contributed by atoms with Crippen LogP contribution in [0.25, 0.3) is 10.9 Å². The lowest BCUT2D eigenvalue weighted by Gasteiger charge is -2.38. The van der Waals surface area contributed by atoms with Crippen molar-refractivity contribution < 1.29 is 4.79 Å². The van der Waals surface area contributed by atoms with E-state index in [0.717, 1.165) is 22.1 Å². The first-order chi connectivity index (χ1) is 13.6. The van der Waals surface area contributed by atoms with Crippen LogP contribution in [-0.2, 0) is 4.79 Å². The third kappa shape index (κ3) is 3.10. The summed E-state index contributed by atoms with van der Waals surface area (Å²) in [6.07, 6.45) is 3.65. The third-order valence-corrected chi connectivity index (χ3v) is 4.44. The molecular weight excluding hydrogens is 378 g/mol. The van der Waals surface area contributed by atoms with E-state index < -0.39 is 6.17 Å². The van der Waals surface area contributed by atoms with Gasteiger partial charge in [0.1, 0.15) is 18.2 Å². The Kier molecular flexibility index (Phi) is 4.54. The monoisotopic (exact) mass is 393 g/mol. The number of aromatic nitrogens is 3. The smallest absolute Gasteiger partial charge is 0.246 e. The number of hydrogen-bond acceptors (Lipinski definition) is 7. The van der Waals surface area contributed by atoms with Gasteiger partial charge in [-0.1, -0.05) is 36.4 Å². The second kappa shape index (κ2) is 7.16. The van der Waals surface area contributed by atoms with E-state index in [1.807, 2.05) is 30.3 Å². The van der Waals surface area contributed by atoms with Crippen LogP contribution in [0.1, 0.15) is 0 Å². The van der Waals surface area contributed by atoms with Gasteiger partial charge in [0.2, 0.25) is 5.91 Å². The van der Waals surface area contributed by atoms with E-state index in [9.17, 15) is 4.79 Å². The number of halogens is 1. The highest BCUT2D eigenvalue weighted by atomic mass is 35.5. The number of anilines is 4. The van der Waals surface area contributed by atoms with Gasteiger partial charge in [-0.2, -0.15) is 0 Å². The Bertz CT molecular complexity index is 1110. The highest BCUT2D eigenvalue weighted by molar-refractivity contribution is 6.26. The van der Waals surface area contributed by atoms with E-state index >= 15 is 0 Å². The molecule has 3 heterocycles. The number of amides is 1. The van der Waals surface area contributed by atoms with Gasteiger partial charge in [-0.15, -0.1) is 0 Å². The van der Waals surface area contributed by atoms with Gasteiger partial charge in [-0.05, 0) is 12.1 Å². The lowest BCUT2D eigenvalue weighted by Crippen LogP contribution is -2.48. The molecule has 9 heteroatoms. The van der Waals surface area contributed by atoms with Crippen LogP contribution in [0.15, 0.2) is 66.7 Å². The summed E-state index contributed by atoms with van der Waals surface area (Å²) in [6.45, 7) is 4.14. The first-order valence-corrected chi connectivity index (χ1v) is 8.80. The van der Waals surface area contributed by atoms with E-state index in [2.05, 4.69) is 32.2 Å². The second-order valence-electron chi connectivity index (χ2n) is 6.05. The summed E-state index contributed by atoms with van der Waals surface area (Å²) in [5.74, 6) is 0.362. The van der Waals surface area contributed by atoms with Crippen LogP contribution in [-0.4, -0.2) is 27.0 Å². The molecule has 2 aromatic heterocycles. The summed E-state index contributed by atoms with van der Waals surface area (Å²) >= 11 is 5.49. The van der Waals surface area contributed by atoms with Crippen LogP contribution in [0.5, 0.6) is 0 Å². The number of nitrogen functional groups attached to an aromatic ring is 1. The van der Waals surface area contributed by atoms with Crippen molar-refractivity contribution in [2.75, 3.05) is 16.0 Å². The molecule has 28 heavy (non-hydrogen) atoms. The maximum Gasteiger partial charge on any atom is 0.246 e. The molecule has 0 aliphatic carbocycles. The minimum absolute atomic E-state index is 0.275. The fraction of sp³-hybridized carbons (Fsp3) is 0.0526. The highest BCUT2D eigenvalue weighted by Crippen LogP contribution is 2.42. The maximum absolute atomic E-state index is 12.0. The predicted octanol–water partition coefficient (Wildman–Crippen LogP) is 2.88. The Hall–Kier alpha value is -3.65. The van der Waals surface area contributed by atoms with Crippen molar-refractivity contribution in [1.82, 2.24) is 20.3 Å². The third-order valence-electron chi connectivity index (χ3n) is 4.31. The molecule has 0 saturated heterocycles. The average Bonchev–Trinajstić information content (AvgIpc) is 2.69. The van der Waals surface area contributed by atoms with Crippen LogP contribution in [0.4, 0.5) is 23.0 Å². The lowest BCUT2D eigenvalue weighted by molar-refractivity contribution is -0.116. The van der Waals surface area contributed by atoms with Gasteiger partial charge in [0.15, 0.2) is 11.6 Å². The first-order valence-electron chi connectivity index (χ1n) is 8.36. The first kappa shape index (κ1) is 17.7. The Morgan fingerprint density at radius 3 is 2.96 bits per heavy atom. The van der Waals surface area contributed by atoms with Crippen molar-refractivity contribution in [1.29, 1.82) is 0 Å². The van der Waals surface area contributed by atoms with E-state index in [-0.39, 0.29) is 11.7 Å². The SMILES string of the molecule is C=C1C(NC(=O)/C=C/Cl)Nc2ncnc(N)c2N1c1cnc2ccccc2c1. The van der Waals surface area contributed by atoms with Crippen molar-refractivity contribution in [3.05, 3.63) is 66.7 Å². The number of carbonyl (C=O) groups is 1. The van der Waals surface area contributed by atoms with Crippen LogP contribution in [0.3, 0.4) is 0 Å². The van der Waals surface area contributed by atoms with Gasteiger partial charge in [-0.25, -0.2) is 9.97 Å². The summed E-state index contributed by atoms with van der Waals surface area (Å²) in [6, 6.07) is 9.72. The molecule has 140 valence electrons. The predicted molar refractivity (Wildman–Crippen MR) is 110 cm³/mol. The normalized spacial score (nSPS) is 16.1. The summed E-state index contributed by atoms with van der Waals surface area (Å²) in [5.41, 5.74) is 9.93. The molecule has 0 bridgehead atoms. The topological polar surface area (TPSA) is 109 Å². The van der Waals surface area contributed by atoms with Crippen LogP contribution < -0.4 is 21.3 Å². The number of hydrogen-bond donors (Lipinski definition) is 3. The van der Waals surface area contributed by atoms with Crippen molar-refractivity contribution in [3.63, 3.8) is 0 Å². The standard InChI is InChI=1S/C19H16ClN7O/c1-11-18(25-15(28)6-7-20)26-19-16(17(21)23-10-24-19)27(11)13-8-12-4-2-3-5-14(12)22-9-13/h2-10,18H,1H2,(H,25,28)(H3,21,23,24,26)/b7-6+. The molecule has 1 unspecified atom stereocenters. The van der Waals surface area contributed by atoms with Gasteiger partial charge in [0.05, 0.1) is 23.1 Å². The van der Waals surface area contributed by atoms with Crippen molar-refractivity contribution in [2.45, 2.75) is 6.17 Å². The van der Waals surface area contributed by atoms with Crippen molar-refractivity contribution in [2.24, 2.45) is 0 Å². The molecular formula is C19H16ClN7O. The quantitative estimate of drug-likeness (QED) is 0.587. The zero-order chi connectivity index (χ0) is 19.7. The summed E-state index contributed by atoms with van der Waals surface area (Å²) in [4.78, 5) is 26.6. The number of nitrogens with two attached hydrogens (primary N) is 1. The molecule has 0 radical (unpaired) electrons. The molecule has 8 nitrogen and oxygen atoms in total. The van der Waals surface area contributed by atoms with Gasteiger partial charge >= 0.3 is 0 Å². The lowest BCUT2D eigenvalue weighted by atomic mass is 10.1. The molecule has 0 spiro atoms. The number of nitrogens with one attached hydrogen (secondary N) is 2. The molecule has 4 rings (SSSR count). The van der Waals surface area contributed by atoms with Crippen LogP contribution >= 0.6 is 11.6 Å². The number of carbonyl (C=O) groups excluding carboxylic acids is 1. The van der Waals surface area contributed by atoms with E-state index in [1.54, 1.807) is 11.1 Å². The number of fused-ring (bicyclic) bond motifs is 2. The molecule has 1 aliphatic heterocycles. The highest BCUT2D eigenvalue weighted by Gasteiger charge is 2.32.